The lowest BCUT2D eigenvalue weighted by Crippen LogP contribution is -2.48. The summed E-state index contributed by atoms with van der Waals surface area (Å²) in [6, 6.07) is 0. The number of fused-ring (bicyclic) bond motifs is 1. The molecule has 1 aliphatic carbocycles. The summed E-state index contributed by atoms with van der Waals surface area (Å²) >= 11 is 0. The zero-order valence-corrected chi connectivity index (χ0v) is 12.7. The van der Waals surface area contributed by atoms with E-state index in [0.29, 0.717) is 17.6 Å². The maximum absolute atomic E-state index is 12.5. The third kappa shape index (κ3) is 2.08. The summed E-state index contributed by atoms with van der Waals surface area (Å²) in [5.74, 6) is 2.44. The van der Waals surface area contributed by atoms with Gasteiger partial charge in [-0.15, -0.1) is 0 Å². The lowest BCUT2D eigenvalue weighted by atomic mass is 9.72. The average molecular weight is 290 g/mol. The number of rotatable bonds is 2. The Hall–Kier alpha value is -1.43. The Morgan fingerprint density at radius 1 is 1.38 bits per heavy atom. The van der Waals surface area contributed by atoms with E-state index >= 15 is 0 Å². The summed E-state index contributed by atoms with van der Waals surface area (Å²) in [5, 5.41) is 3.98. The highest BCUT2D eigenvalue weighted by molar-refractivity contribution is 5.81. The molecule has 114 valence electrons. The molecule has 1 aromatic rings. The second-order valence-electron chi connectivity index (χ2n) is 7.01. The molecule has 0 aromatic carbocycles. The van der Waals surface area contributed by atoms with Gasteiger partial charge in [-0.2, -0.15) is 4.98 Å². The van der Waals surface area contributed by atoms with Crippen LogP contribution in [-0.2, 0) is 10.2 Å². The van der Waals surface area contributed by atoms with Crippen LogP contribution in [0.15, 0.2) is 4.52 Å². The van der Waals surface area contributed by atoms with Crippen LogP contribution >= 0.6 is 0 Å². The van der Waals surface area contributed by atoms with E-state index in [4.69, 9.17) is 4.52 Å². The smallest absolute Gasteiger partial charge is 0.235 e. The third-order valence-corrected chi connectivity index (χ3v) is 5.36. The van der Waals surface area contributed by atoms with E-state index < -0.39 is 0 Å². The zero-order chi connectivity index (χ0) is 14.6. The molecule has 1 saturated carbocycles. The fraction of sp³-hybridized carbons (Fsp3) is 0.800. The Morgan fingerprint density at radius 2 is 2.19 bits per heavy atom. The van der Waals surface area contributed by atoms with Crippen molar-refractivity contribution in [2.75, 3.05) is 33.2 Å². The van der Waals surface area contributed by atoms with E-state index in [1.54, 1.807) is 0 Å². The molecule has 4 rings (SSSR count). The molecule has 0 spiro atoms. The summed E-state index contributed by atoms with van der Waals surface area (Å²) in [6.07, 6.45) is 3.11. The quantitative estimate of drug-likeness (QED) is 0.807. The highest BCUT2D eigenvalue weighted by atomic mass is 16.5. The Labute approximate surface area is 124 Å². The second-order valence-corrected chi connectivity index (χ2v) is 7.01. The van der Waals surface area contributed by atoms with Gasteiger partial charge in [0.05, 0.1) is 5.41 Å². The second kappa shape index (κ2) is 4.53. The minimum atomic E-state index is -0.127. The van der Waals surface area contributed by atoms with Crippen molar-refractivity contribution in [2.45, 2.75) is 31.6 Å². The maximum atomic E-state index is 12.5. The molecule has 2 atom stereocenters. The van der Waals surface area contributed by atoms with Crippen LogP contribution in [0, 0.1) is 18.8 Å². The lowest BCUT2D eigenvalue weighted by Gasteiger charge is -2.39. The molecular formula is C15H22N4O2. The molecule has 0 unspecified atom stereocenters. The molecule has 3 fully saturated rings. The summed E-state index contributed by atoms with van der Waals surface area (Å²) < 4.78 is 5.53. The average Bonchev–Trinajstić information content (AvgIpc) is 3.10. The molecule has 2 aliphatic heterocycles. The van der Waals surface area contributed by atoms with Crippen molar-refractivity contribution in [3.05, 3.63) is 11.7 Å². The fourth-order valence-corrected chi connectivity index (χ4v) is 3.95. The van der Waals surface area contributed by atoms with Crippen LogP contribution in [0.4, 0.5) is 0 Å². The summed E-state index contributed by atoms with van der Waals surface area (Å²) in [5.41, 5.74) is -0.127. The highest BCUT2D eigenvalue weighted by Crippen LogP contribution is 2.45. The van der Waals surface area contributed by atoms with Gasteiger partial charge in [0.2, 0.25) is 11.8 Å². The first-order valence-electron chi connectivity index (χ1n) is 7.86. The number of aryl methyl sites for hydroxylation is 1. The van der Waals surface area contributed by atoms with Crippen LogP contribution in [0.1, 0.15) is 31.0 Å². The first-order chi connectivity index (χ1) is 10.1. The van der Waals surface area contributed by atoms with E-state index in [1.165, 1.54) is 0 Å². The van der Waals surface area contributed by atoms with Crippen molar-refractivity contribution in [2.24, 2.45) is 11.8 Å². The van der Waals surface area contributed by atoms with Gasteiger partial charge in [0.1, 0.15) is 0 Å². The Kier molecular flexibility index (Phi) is 2.86. The molecular weight excluding hydrogens is 268 g/mol. The van der Waals surface area contributed by atoms with Crippen LogP contribution < -0.4 is 0 Å². The number of amides is 1. The number of hydrogen-bond acceptors (Lipinski definition) is 5. The molecule has 3 aliphatic rings. The molecule has 3 heterocycles. The van der Waals surface area contributed by atoms with Crippen molar-refractivity contribution in [1.82, 2.24) is 19.9 Å². The molecule has 1 amide bonds. The van der Waals surface area contributed by atoms with Gasteiger partial charge in [-0.1, -0.05) is 5.16 Å². The maximum Gasteiger partial charge on any atom is 0.235 e. The van der Waals surface area contributed by atoms with Gasteiger partial charge in [-0.05, 0) is 39.8 Å². The van der Waals surface area contributed by atoms with Gasteiger partial charge in [-0.3, -0.25) is 4.79 Å². The normalized spacial score (nSPS) is 33.2. The van der Waals surface area contributed by atoms with Gasteiger partial charge in [0.25, 0.3) is 0 Å². The number of likely N-dealkylation sites (tertiary alicyclic amines) is 2. The summed E-state index contributed by atoms with van der Waals surface area (Å²) in [6.45, 7) is 5.46. The SMILES string of the molecule is Cc1noc([C@]23CCN(C)C[C@H]2CN(C(=O)C2CC2)C3)n1. The largest absolute Gasteiger partial charge is 0.341 e. The van der Waals surface area contributed by atoms with Gasteiger partial charge < -0.3 is 14.3 Å². The Bertz CT molecular complexity index is 568. The predicted octanol–water partition coefficient (Wildman–Crippen LogP) is 0.820. The highest BCUT2D eigenvalue weighted by Gasteiger charge is 2.55. The number of aromatic nitrogens is 2. The molecule has 6 heteroatoms. The summed E-state index contributed by atoms with van der Waals surface area (Å²) in [4.78, 5) is 21.4. The van der Waals surface area contributed by atoms with Crippen molar-refractivity contribution in [3.8, 4) is 0 Å². The fourth-order valence-electron chi connectivity index (χ4n) is 3.95. The van der Waals surface area contributed by atoms with Gasteiger partial charge in [-0.25, -0.2) is 0 Å². The monoisotopic (exact) mass is 290 g/mol. The topological polar surface area (TPSA) is 62.5 Å². The van der Waals surface area contributed by atoms with Crippen molar-refractivity contribution in [1.29, 1.82) is 0 Å². The van der Waals surface area contributed by atoms with E-state index in [0.717, 1.165) is 51.3 Å². The summed E-state index contributed by atoms with van der Waals surface area (Å²) in [7, 11) is 2.15. The predicted molar refractivity (Wildman–Crippen MR) is 75.6 cm³/mol. The van der Waals surface area contributed by atoms with Crippen molar-refractivity contribution < 1.29 is 9.32 Å². The minimum Gasteiger partial charge on any atom is -0.341 e. The van der Waals surface area contributed by atoms with E-state index in [2.05, 4.69) is 27.0 Å². The first kappa shape index (κ1) is 13.2. The van der Waals surface area contributed by atoms with E-state index in [9.17, 15) is 4.79 Å². The van der Waals surface area contributed by atoms with Crippen LogP contribution in [-0.4, -0.2) is 59.1 Å². The molecule has 0 radical (unpaired) electrons. The van der Waals surface area contributed by atoms with Crippen molar-refractivity contribution >= 4 is 5.91 Å². The molecule has 0 N–H and O–H groups in total. The molecule has 0 bridgehead atoms. The van der Waals surface area contributed by atoms with E-state index in [1.807, 2.05) is 6.92 Å². The molecule has 2 saturated heterocycles. The number of carbonyl (C=O) groups excluding carboxylic acids is 1. The number of hydrogen-bond donors (Lipinski definition) is 0. The van der Waals surface area contributed by atoms with Crippen molar-refractivity contribution in [3.63, 3.8) is 0 Å². The van der Waals surface area contributed by atoms with Crippen LogP contribution in [0.3, 0.4) is 0 Å². The molecule has 1 aromatic heterocycles. The first-order valence-corrected chi connectivity index (χ1v) is 7.86. The van der Waals surface area contributed by atoms with Gasteiger partial charge in [0, 0.05) is 31.5 Å². The standard InChI is InChI=1S/C15H22N4O2/c1-10-16-14(21-17-10)15-5-6-18(2)7-12(15)8-19(9-15)13(20)11-3-4-11/h11-12H,3-9H2,1-2H3/t12-,15-/m0/s1. The minimum absolute atomic E-state index is 0.127. The van der Waals surface area contributed by atoms with Crippen LogP contribution in [0.25, 0.3) is 0 Å². The number of piperidine rings is 1. The molecule has 21 heavy (non-hydrogen) atoms. The van der Waals surface area contributed by atoms with Gasteiger partial charge >= 0.3 is 0 Å². The number of nitrogens with zero attached hydrogens (tertiary/aromatic N) is 4. The lowest BCUT2D eigenvalue weighted by molar-refractivity contribution is -0.131. The van der Waals surface area contributed by atoms with Crippen LogP contribution in [0.2, 0.25) is 0 Å². The van der Waals surface area contributed by atoms with E-state index in [-0.39, 0.29) is 11.3 Å². The zero-order valence-electron chi connectivity index (χ0n) is 12.7. The van der Waals surface area contributed by atoms with Crippen LogP contribution in [0.5, 0.6) is 0 Å². The Balaban J connectivity index is 1.66. The third-order valence-electron chi connectivity index (χ3n) is 5.36. The van der Waals surface area contributed by atoms with Gasteiger partial charge in [0.15, 0.2) is 5.82 Å². The Morgan fingerprint density at radius 3 is 2.86 bits per heavy atom. The molecule has 6 nitrogen and oxygen atoms in total. The number of carbonyl (C=O) groups is 1.